The van der Waals surface area contributed by atoms with E-state index in [0.717, 1.165) is 25.0 Å². The topological polar surface area (TPSA) is 87.6 Å². The maximum absolute atomic E-state index is 10.9. The van der Waals surface area contributed by atoms with E-state index in [2.05, 4.69) is 0 Å². The molecule has 1 aliphatic heterocycles. The molecular weight excluding hydrogens is 236 g/mol. The van der Waals surface area contributed by atoms with Gasteiger partial charge in [0.2, 0.25) is 0 Å². The molecule has 0 amide bonds. The molecule has 1 aromatic carbocycles. The summed E-state index contributed by atoms with van der Waals surface area (Å²) in [6.07, 6.45) is 1.64. The van der Waals surface area contributed by atoms with Crippen molar-refractivity contribution in [3.05, 3.63) is 33.9 Å². The number of nitro benzene ring substituents is 1. The van der Waals surface area contributed by atoms with Crippen LogP contribution in [0.2, 0.25) is 0 Å². The fourth-order valence-electron chi connectivity index (χ4n) is 1.91. The number of benzene rings is 1. The molecule has 1 atom stereocenters. The Bertz CT molecular complexity index is 430. The van der Waals surface area contributed by atoms with Gasteiger partial charge in [-0.2, -0.15) is 0 Å². The van der Waals surface area contributed by atoms with Crippen LogP contribution < -0.4 is 10.5 Å². The van der Waals surface area contributed by atoms with Gasteiger partial charge < -0.3 is 15.2 Å². The number of rotatable bonds is 4. The lowest BCUT2D eigenvalue weighted by Gasteiger charge is -2.23. The molecule has 0 saturated carbocycles. The number of nitro groups is 1. The van der Waals surface area contributed by atoms with E-state index in [4.69, 9.17) is 15.2 Å². The molecule has 0 aliphatic carbocycles. The number of nitrogens with zero attached hydrogens (tertiary/aromatic N) is 1. The Kier molecular flexibility index (Phi) is 4.11. The second-order valence-electron chi connectivity index (χ2n) is 4.22. The summed E-state index contributed by atoms with van der Waals surface area (Å²) in [7, 11) is 0. The van der Waals surface area contributed by atoms with Gasteiger partial charge in [-0.15, -0.1) is 0 Å². The molecule has 98 valence electrons. The normalized spacial score (nSPS) is 19.5. The number of ether oxygens (including phenoxy) is 2. The molecule has 0 spiro atoms. The lowest BCUT2D eigenvalue weighted by atomic mass is 10.1. The minimum absolute atomic E-state index is 0.0298. The molecule has 2 rings (SSSR count). The third kappa shape index (κ3) is 2.96. The van der Waals surface area contributed by atoms with Crippen molar-refractivity contribution in [3.63, 3.8) is 0 Å². The summed E-state index contributed by atoms with van der Waals surface area (Å²) < 4.78 is 11.0. The monoisotopic (exact) mass is 252 g/mol. The van der Waals surface area contributed by atoms with E-state index < -0.39 is 4.92 Å². The highest BCUT2D eigenvalue weighted by Gasteiger charge is 2.21. The average Bonchev–Trinajstić information content (AvgIpc) is 2.39. The first-order valence-electron chi connectivity index (χ1n) is 5.92. The third-order valence-corrected chi connectivity index (χ3v) is 2.87. The van der Waals surface area contributed by atoms with Crippen LogP contribution in [0.5, 0.6) is 5.75 Å². The van der Waals surface area contributed by atoms with E-state index >= 15 is 0 Å². The van der Waals surface area contributed by atoms with Crippen LogP contribution in [0.15, 0.2) is 18.2 Å². The Labute approximate surface area is 105 Å². The molecule has 1 saturated heterocycles. The second kappa shape index (κ2) is 5.79. The van der Waals surface area contributed by atoms with Crippen LogP contribution in [0.25, 0.3) is 0 Å². The maximum atomic E-state index is 10.9. The van der Waals surface area contributed by atoms with Crippen LogP contribution in [0, 0.1) is 10.1 Å². The molecule has 0 bridgehead atoms. The zero-order chi connectivity index (χ0) is 13.0. The van der Waals surface area contributed by atoms with Crippen LogP contribution in [0.3, 0.4) is 0 Å². The lowest BCUT2D eigenvalue weighted by molar-refractivity contribution is -0.386. The number of hydrogen-bond donors (Lipinski definition) is 1. The highest BCUT2D eigenvalue weighted by molar-refractivity contribution is 5.48. The van der Waals surface area contributed by atoms with E-state index in [0.29, 0.717) is 13.2 Å². The SMILES string of the molecule is NCc1ccc([N+](=O)[O-])c(OC2CCCOC2)c1. The van der Waals surface area contributed by atoms with E-state index in [1.807, 2.05) is 0 Å². The van der Waals surface area contributed by atoms with Gasteiger partial charge >= 0.3 is 5.69 Å². The van der Waals surface area contributed by atoms with Gasteiger partial charge in [0.15, 0.2) is 5.75 Å². The van der Waals surface area contributed by atoms with E-state index in [1.165, 1.54) is 6.07 Å². The highest BCUT2D eigenvalue weighted by atomic mass is 16.6. The fourth-order valence-corrected chi connectivity index (χ4v) is 1.91. The number of nitrogens with two attached hydrogens (primary N) is 1. The van der Waals surface area contributed by atoms with Gasteiger partial charge in [-0.1, -0.05) is 6.07 Å². The predicted molar refractivity (Wildman–Crippen MR) is 65.5 cm³/mol. The summed E-state index contributed by atoms with van der Waals surface area (Å²) >= 11 is 0. The van der Waals surface area contributed by atoms with Crippen molar-refractivity contribution in [3.8, 4) is 5.75 Å². The molecule has 1 fully saturated rings. The van der Waals surface area contributed by atoms with Gasteiger partial charge in [0, 0.05) is 19.2 Å². The maximum Gasteiger partial charge on any atom is 0.310 e. The summed E-state index contributed by atoms with van der Waals surface area (Å²) in [4.78, 5) is 10.5. The van der Waals surface area contributed by atoms with Crippen LogP contribution in [-0.2, 0) is 11.3 Å². The predicted octanol–water partition coefficient (Wildman–Crippen LogP) is 1.61. The molecule has 1 unspecified atom stereocenters. The molecule has 0 radical (unpaired) electrons. The van der Waals surface area contributed by atoms with Crippen molar-refractivity contribution < 1.29 is 14.4 Å². The second-order valence-corrected chi connectivity index (χ2v) is 4.22. The minimum atomic E-state index is -0.445. The third-order valence-electron chi connectivity index (χ3n) is 2.87. The van der Waals surface area contributed by atoms with Crippen molar-refractivity contribution >= 4 is 5.69 Å². The Morgan fingerprint density at radius 1 is 1.56 bits per heavy atom. The van der Waals surface area contributed by atoms with Gasteiger partial charge in [0.25, 0.3) is 0 Å². The van der Waals surface area contributed by atoms with Gasteiger partial charge in [0.05, 0.1) is 11.5 Å². The molecule has 18 heavy (non-hydrogen) atoms. The fraction of sp³-hybridized carbons (Fsp3) is 0.500. The molecule has 1 heterocycles. The largest absolute Gasteiger partial charge is 0.481 e. The van der Waals surface area contributed by atoms with Gasteiger partial charge in [-0.05, 0) is 24.5 Å². The van der Waals surface area contributed by atoms with E-state index in [9.17, 15) is 10.1 Å². The van der Waals surface area contributed by atoms with Crippen molar-refractivity contribution in [1.82, 2.24) is 0 Å². The van der Waals surface area contributed by atoms with Crippen molar-refractivity contribution in [2.75, 3.05) is 13.2 Å². The molecule has 0 aromatic heterocycles. The summed E-state index contributed by atoms with van der Waals surface area (Å²) in [5.74, 6) is 0.276. The molecule has 1 aromatic rings. The molecular formula is C12H16N2O4. The zero-order valence-electron chi connectivity index (χ0n) is 10.0. The zero-order valence-corrected chi connectivity index (χ0v) is 10.0. The van der Waals surface area contributed by atoms with Gasteiger partial charge in [-0.25, -0.2) is 0 Å². The van der Waals surface area contributed by atoms with Gasteiger partial charge in [0.1, 0.15) is 6.10 Å². The summed E-state index contributed by atoms with van der Waals surface area (Å²) in [6, 6.07) is 4.70. The van der Waals surface area contributed by atoms with Crippen molar-refractivity contribution in [2.45, 2.75) is 25.5 Å². The lowest BCUT2D eigenvalue weighted by Crippen LogP contribution is -2.28. The first-order chi connectivity index (χ1) is 8.70. The summed E-state index contributed by atoms with van der Waals surface area (Å²) in [5.41, 5.74) is 6.31. The molecule has 1 aliphatic rings. The van der Waals surface area contributed by atoms with Crippen LogP contribution in [0.4, 0.5) is 5.69 Å². The molecule has 6 nitrogen and oxygen atoms in total. The smallest absolute Gasteiger partial charge is 0.310 e. The Morgan fingerprint density at radius 2 is 2.39 bits per heavy atom. The van der Waals surface area contributed by atoms with E-state index in [1.54, 1.807) is 12.1 Å². The highest BCUT2D eigenvalue weighted by Crippen LogP contribution is 2.30. The van der Waals surface area contributed by atoms with Crippen LogP contribution >= 0.6 is 0 Å². The van der Waals surface area contributed by atoms with Crippen LogP contribution in [0.1, 0.15) is 18.4 Å². The first kappa shape index (κ1) is 12.8. The minimum Gasteiger partial charge on any atom is -0.481 e. The number of hydrogen-bond acceptors (Lipinski definition) is 5. The first-order valence-corrected chi connectivity index (χ1v) is 5.92. The Morgan fingerprint density at radius 3 is 3.00 bits per heavy atom. The quantitative estimate of drug-likeness (QED) is 0.649. The van der Waals surface area contributed by atoms with Crippen molar-refractivity contribution in [2.24, 2.45) is 5.73 Å². The summed E-state index contributed by atoms with van der Waals surface area (Å²) in [6.45, 7) is 1.53. The standard InChI is InChI=1S/C12H16N2O4/c13-7-9-3-4-11(14(15)16)12(6-9)18-10-2-1-5-17-8-10/h3-4,6,10H,1-2,5,7-8,13H2. The van der Waals surface area contributed by atoms with E-state index in [-0.39, 0.29) is 17.5 Å². The average molecular weight is 252 g/mol. The van der Waals surface area contributed by atoms with Crippen molar-refractivity contribution in [1.29, 1.82) is 0 Å². The molecule has 2 N–H and O–H groups in total. The summed E-state index contributed by atoms with van der Waals surface area (Å²) in [5, 5.41) is 10.9. The van der Waals surface area contributed by atoms with Crippen LogP contribution in [-0.4, -0.2) is 24.2 Å². The Balaban J connectivity index is 2.19. The Hall–Kier alpha value is -1.66. The van der Waals surface area contributed by atoms with Gasteiger partial charge in [-0.3, -0.25) is 10.1 Å². The molecule has 6 heteroatoms.